The predicted octanol–water partition coefficient (Wildman–Crippen LogP) is 2.87. The molecule has 0 aliphatic carbocycles. The summed E-state index contributed by atoms with van der Waals surface area (Å²) in [5, 5.41) is 12.0. The van der Waals surface area contributed by atoms with Crippen LogP contribution < -0.4 is 5.32 Å². The van der Waals surface area contributed by atoms with E-state index in [0.29, 0.717) is 11.3 Å². The minimum atomic E-state index is -0.614. The highest BCUT2D eigenvalue weighted by Gasteiger charge is 2.26. The second-order valence-corrected chi connectivity index (χ2v) is 5.58. The summed E-state index contributed by atoms with van der Waals surface area (Å²) in [6.45, 7) is 1.36. The molecule has 0 fully saturated rings. The van der Waals surface area contributed by atoms with Gasteiger partial charge in [-0.1, -0.05) is 42.5 Å². The minimum Gasteiger partial charge on any atom is -0.508 e. The van der Waals surface area contributed by atoms with Crippen molar-refractivity contribution >= 4 is 29.9 Å². The molecule has 3 rings (SSSR count). The van der Waals surface area contributed by atoms with E-state index in [2.05, 4.69) is 10.3 Å². The van der Waals surface area contributed by atoms with Crippen LogP contribution in [0.2, 0.25) is 0 Å². The Hall–Kier alpha value is -3.67. The average Bonchev–Trinajstić information content (AvgIpc) is 2.98. The number of ether oxygens (including phenoxy) is 1. The maximum absolute atomic E-state index is 12.1. The highest BCUT2D eigenvalue weighted by molar-refractivity contribution is 6.14. The number of benzene rings is 2. The molecule has 0 bridgehead atoms. The Bertz CT molecular complexity index is 926. The minimum absolute atomic E-state index is 0.0269. The number of phenols is 1. The van der Waals surface area contributed by atoms with Gasteiger partial charge < -0.3 is 15.2 Å². The van der Waals surface area contributed by atoms with E-state index in [-0.39, 0.29) is 23.3 Å². The van der Waals surface area contributed by atoms with E-state index in [9.17, 15) is 14.7 Å². The molecule has 0 atom stereocenters. The second kappa shape index (κ2) is 7.48. The van der Waals surface area contributed by atoms with Crippen molar-refractivity contribution in [2.24, 2.45) is 4.99 Å². The quantitative estimate of drug-likeness (QED) is 0.657. The molecule has 6 nitrogen and oxygen atoms in total. The fraction of sp³-hybridized carbons (Fsp3) is 0.0500. The maximum Gasteiger partial charge on any atom is 0.363 e. The van der Waals surface area contributed by atoms with Gasteiger partial charge in [-0.05, 0) is 35.4 Å². The van der Waals surface area contributed by atoms with Crippen LogP contribution in [-0.2, 0) is 14.3 Å². The monoisotopic (exact) mass is 348 g/mol. The zero-order valence-electron chi connectivity index (χ0n) is 14.0. The predicted molar refractivity (Wildman–Crippen MR) is 97.8 cm³/mol. The zero-order valence-corrected chi connectivity index (χ0v) is 14.0. The van der Waals surface area contributed by atoms with Gasteiger partial charge in [0, 0.05) is 6.92 Å². The van der Waals surface area contributed by atoms with Gasteiger partial charge in [0.1, 0.15) is 11.4 Å². The molecule has 0 saturated carbocycles. The Morgan fingerprint density at radius 3 is 2.42 bits per heavy atom. The number of carbonyl (C=O) groups is 2. The van der Waals surface area contributed by atoms with Crippen molar-refractivity contribution in [2.45, 2.75) is 6.92 Å². The molecule has 26 heavy (non-hydrogen) atoms. The molecule has 1 aliphatic rings. The van der Waals surface area contributed by atoms with Crippen molar-refractivity contribution in [1.82, 2.24) is 5.32 Å². The molecule has 6 heteroatoms. The van der Waals surface area contributed by atoms with Crippen LogP contribution in [0, 0.1) is 0 Å². The van der Waals surface area contributed by atoms with Crippen molar-refractivity contribution < 1.29 is 19.4 Å². The summed E-state index contributed by atoms with van der Waals surface area (Å²) in [5.41, 5.74) is 1.92. The zero-order chi connectivity index (χ0) is 18.5. The van der Waals surface area contributed by atoms with Gasteiger partial charge in [0.15, 0.2) is 5.70 Å². The Morgan fingerprint density at radius 1 is 1.08 bits per heavy atom. The van der Waals surface area contributed by atoms with Crippen LogP contribution in [-0.4, -0.2) is 22.9 Å². The molecule has 0 spiro atoms. The van der Waals surface area contributed by atoms with Gasteiger partial charge in [0.2, 0.25) is 11.8 Å². The lowest BCUT2D eigenvalue weighted by Gasteiger charge is -2.06. The van der Waals surface area contributed by atoms with Gasteiger partial charge in [-0.25, -0.2) is 9.79 Å². The van der Waals surface area contributed by atoms with E-state index in [1.807, 2.05) is 30.3 Å². The number of hydrogen-bond donors (Lipinski definition) is 2. The Morgan fingerprint density at radius 2 is 1.77 bits per heavy atom. The molecular weight excluding hydrogens is 332 g/mol. The highest BCUT2D eigenvalue weighted by atomic mass is 16.6. The molecule has 1 aliphatic heterocycles. The molecule has 0 aromatic heterocycles. The summed E-state index contributed by atoms with van der Waals surface area (Å²) in [7, 11) is 0. The first-order valence-electron chi connectivity index (χ1n) is 7.87. The lowest BCUT2D eigenvalue weighted by atomic mass is 10.2. The van der Waals surface area contributed by atoms with Crippen molar-refractivity contribution in [2.75, 3.05) is 0 Å². The molecule has 130 valence electrons. The molecule has 1 amide bonds. The summed E-state index contributed by atoms with van der Waals surface area (Å²) in [6.07, 6.45) is 3.22. The normalized spacial score (nSPS) is 15.6. The van der Waals surface area contributed by atoms with Crippen LogP contribution in [0.25, 0.3) is 12.2 Å². The van der Waals surface area contributed by atoms with Crippen molar-refractivity contribution in [3.8, 4) is 5.75 Å². The number of cyclic esters (lactones) is 1. The summed E-state index contributed by atoms with van der Waals surface area (Å²) in [6, 6.07) is 15.6. The standard InChI is InChI=1S/C20H16N2O4/c1-13(23)21-17(11-14-5-3-2-4-6-14)19-22-18(20(25)26-19)12-15-7-9-16(24)10-8-15/h2-12,24H,1H3,(H,21,23). The molecule has 2 aromatic carbocycles. The molecule has 0 saturated heterocycles. The highest BCUT2D eigenvalue weighted by Crippen LogP contribution is 2.20. The van der Waals surface area contributed by atoms with Gasteiger partial charge in [0.25, 0.3) is 0 Å². The number of rotatable bonds is 4. The van der Waals surface area contributed by atoms with E-state index >= 15 is 0 Å². The van der Waals surface area contributed by atoms with Crippen molar-refractivity contribution in [1.29, 1.82) is 0 Å². The van der Waals surface area contributed by atoms with Gasteiger partial charge in [-0.3, -0.25) is 4.79 Å². The molecule has 0 unspecified atom stereocenters. The van der Waals surface area contributed by atoms with E-state index in [0.717, 1.165) is 5.56 Å². The maximum atomic E-state index is 12.1. The summed E-state index contributed by atoms with van der Waals surface area (Å²) < 4.78 is 5.22. The molecule has 2 aromatic rings. The van der Waals surface area contributed by atoms with Crippen LogP contribution in [0.15, 0.2) is 71.0 Å². The van der Waals surface area contributed by atoms with Gasteiger partial charge in [-0.15, -0.1) is 0 Å². The van der Waals surface area contributed by atoms with Gasteiger partial charge in [0.05, 0.1) is 0 Å². The third-order valence-electron chi connectivity index (χ3n) is 3.47. The van der Waals surface area contributed by atoms with Gasteiger partial charge in [-0.2, -0.15) is 0 Å². The largest absolute Gasteiger partial charge is 0.508 e. The number of aromatic hydroxyl groups is 1. The van der Waals surface area contributed by atoms with Gasteiger partial charge >= 0.3 is 5.97 Å². The smallest absolute Gasteiger partial charge is 0.363 e. The number of amides is 1. The first-order valence-corrected chi connectivity index (χ1v) is 7.87. The van der Waals surface area contributed by atoms with Crippen LogP contribution in [0.5, 0.6) is 5.75 Å². The lowest BCUT2D eigenvalue weighted by molar-refractivity contribution is -0.130. The number of phenolic OH excluding ortho intramolecular Hbond substituents is 1. The Balaban J connectivity index is 1.94. The van der Waals surface area contributed by atoms with Crippen LogP contribution in [0.1, 0.15) is 18.1 Å². The Kier molecular flexibility index (Phi) is 4.94. The van der Waals surface area contributed by atoms with Crippen LogP contribution in [0.3, 0.4) is 0 Å². The third kappa shape index (κ3) is 4.24. The molecule has 0 radical (unpaired) electrons. The lowest BCUT2D eigenvalue weighted by Crippen LogP contribution is -2.25. The Labute approximate surface area is 150 Å². The third-order valence-corrected chi connectivity index (χ3v) is 3.47. The fourth-order valence-corrected chi connectivity index (χ4v) is 2.31. The summed E-state index contributed by atoms with van der Waals surface area (Å²) in [4.78, 5) is 27.8. The fourth-order valence-electron chi connectivity index (χ4n) is 2.31. The summed E-state index contributed by atoms with van der Waals surface area (Å²) >= 11 is 0. The average molecular weight is 348 g/mol. The topological polar surface area (TPSA) is 88.0 Å². The number of nitrogens with zero attached hydrogens (tertiary/aromatic N) is 1. The van der Waals surface area contributed by atoms with E-state index in [1.165, 1.54) is 19.1 Å². The molecule has 2 N–H and O–H groups in total. The number of nitrogens with one attached hydrogen (secondary N) is 1. The van der Waals surface area contributed by atoms with Crippen molar-refractivity contribution in [3.63, 3.8) is 0 Å². The van der Waals surface area contributed by atoms with E-state index in [4.69, 9.17) is 4.74 Å². The summed E-state index contributed by atoms with van der Waals surface area (Å²) in [5.74, 6) is -0.762. The van der Waals surface area contributed by atoms with Crippen molar-refractivity contribution in [3.05, 3.63) is 77.1 Å². The van der Waals surface area contributed by atoms with E-state index in [1.54, 1.807) is 24.3 Å². The molecule has 1 heterocycles. The number of aliphatic imine (C=N–C) groups is 1. The number of carbonyl (C=O) groups excluding carboxylic acids is 2. The first-order chi connectivity index (χ1) is 12.5. The van der Waals surface area contributed by atoms with Crippen LogP contribution >= 0.6 is 0 Å². The van der Waals surface area contributed by atoms with E-state index < -0.39 is 5.97 Å². The SMILES string of the molecule is CC(=O)NC(=Cc1ccccc1)C1=NC(=Cc2ccc(O)cc2)C(=O)O1. The first kappa shape index (κ1) is 17.2. The second-order valence-electron chi connectivity index (χ2n) is 5.58. The molecular formula is C20H16N2O4. The number of esters is 1. The van der Waals surface area contributed by atoms with Crippen LogP contribution in [0.4, 0.5) is 0 Å². The number of hydrogen-bond acceptors (Lipinski definition) is 5.